The fourth-order valence-electron chi connectivity index (χ4n) is 3.25. The van der Waals surface area contributed by atoms with Gasteiger partial charge in [0.2, 0.25) is 0 Å². The van der Waals surface area contributed by atoms with Crippen molar-refractivity contribution in [3.05, 3.63) is 84.2 Å². The standard InChI is InChI=1S/C20H18N2O2/c1-24-16-10-8-15(9-11-16)14-22-18-7-3-2-6-17(18)19(20(22)23)21-12-4-5-13-21/h2-13,19H,14H2,1H3. The highest BCUT2D eigenvalue weighted by Gasteiger charge is 2.37. The number of benzene rings is 2. The molecule has 1 atom stereocenters. The second-order valence-electron chi connectivity index (χ2n) is 5.86. The van der Waals surface area contributed by atoms with Gasteiger partial charge in [0.05, 0.1) is 13.7 Å². The molecule has 1 aliphatic rings. The predicted molar refractivity (Wildman–Crippen MR) is 93.2 cm³/mol. The number of amides is 1. The molecule has 0 bridgehead atoms. The maximum Gasteiger partial charge on any atom is 0.255 e. The summed E-state index contributed by atoms with van der Waals surface area (Å²) in [5, 5.41) is 0. The van der Waals surface area contributed by atoms with Gasteiger partial charge in [-0.15, -0.1) is 0 Å². The number of anilines is 1. The molecule has 2 aromatic carbocycles. The van der Waals surface area contributed by atoms with Gasteiger partial charge in [-0.1, -0.05) is 30.3 Å². The highest BCUT2D eigenvalue weighted by molar-refractivity contribution is 6.04. The molecule has 0 saturated carbocycles. The SMILES string of the molecule is COc1ccc(CN2C(=O)C(n3cccc3)c3ccccc32)cc1. The Hall–Kier alpha value is -3.01. The van der Waals surface area contributed by atoms with Crippen molar-refractivity contribution in [2.24, 2.45) is 0 Å². The molecule has 4 heteroatoms. The fraction of sp³-hybridized carbons (Fsp3) is 0.150. The summed E-state index contributed by atoms with van der Waals surface area (Å²) in [6, 6.07) is 19.5. The summed E-state index contributed by atoms with van der Waals surface area (Å²) in [7, 11) is 1.65. The second-order valence-corrected chi connectivity index (χ2v) is 5.86. The molecular formula is C20H18N2O2. The van der Waals surface area contributed by atoms with E-state index in [4.69, 9.17) is 4.74 Å². The zero-order chi connectivity index (χ0) is 16.5. The van der Waals surface area contributed by atoms with Gasteiger partial charge in [0.15, 0.2) is 0 Å². The molecule has 4 nitrogen and oxygen atoms in total. The lowest BCUT2D eigenvalue weighted by Gasteiger charge is -2.18. The van der Waals surface area contributed by atoms with E-state index < -0.39 is 0 Å². The number of nitrogens with zero attached hydrogens (tertiary/aromatic N) is 2. The lowest BCUT2D eigenvalue weighted by molar-refractivity contribution is -0.120. The van der Waals surface area contributed by atoms with Gasteiger partial charge in [0, 0.05) is 23.6 Å². The Balaban J connectivity index is 1.69. The molecule has 1 unspecified atom stereocenters. The Morgan fingerprint density at radius 3 is 2.38 bits per heavy atom. The van der Waals surface area contributed by atoms with Crippen molar-refractivity contribution in [1.29, 1.82) is 0 Å². The number of aromatic nitrogens is 1. The van der Waals surface area contributed by atoms with Crippen molar-refractivity contribution in [3.8, 4) is 5.75 Å². The van der Waals surface area contributed by atoms with Crippen LogP contribution in [0.2, 0.25) is 0 Å². The van der Waals surface area contributed by atoms with Crippen LogP contribution < -0.4 is 9.64 Å². The van der Waals surface area contributed by atoms with E-state index in [1.54, 1.807) is 7.11 Å². The number of hydrogen-bond donors (Lipinski definition) is 0. The number of ether oxygens (including phenoxy) is 1. The first-order chi connectivity index (χ1) is 11.8. The van der Waals surface area contributed by atoms with Gasteiger partial charge in [0.25, 0.3) is 5.91 Å². The van der Waals surface area contributed by atoms with Crippen LogP contribution in [-0.4, -0.2) is 17.6 Å². The number of para-hydroxylation sites is 1. The highest BCUT2D eigenvalue weighted by atomic mass is 16.5. The molecule has 0 saturated heterocycles. The van der Waals surface area contributed by atoms with Crippen LogP contribution in [0.5, 0.6) is 5.75 Å². The summed E-state index contributed by atoms with van der Waals surface area (Å²) in [5.74, 6) is 0.917. The molecule has 2 heterocycles. The zero-order valence-electron chi connectivity index (χ0n) is 13.4. The number of methoxy groups -OCH3 is 1. The molecule has 1 aromatic heterocycles. The first kappa shape index (κ1) is 14.6. The van der Waals surface area contributed by atoms with Crippen LogP contribution in [0.25, 0.3) is 0 Å². The third-order valence-electron chi connectivity index (χ3n) is 4.45. The zero-order valence-corrected chi connectivity index (χ0v) is 13.4. The fourth-order valence-corrected chi connectivity index (χ4v) is 3.25. The van der Waals surface area contributed by atoms with E-state index in [1.165, 1.54) is 0 Å². The number of rotatable bonds is 4. The summed E-state index contributed by atoms with van der Waals surface area (Å²) < 4.78 is 7.17. The van der Waals surface area contributed by atoms with Crippen molar-refractivity contribution in [2.75, 3.05) is 12.0 Å². The Labute approximate surface area is 140 Å². The summed E-state index contributed by atoms with van der Waals surface area (Å²) >= 11 is 0. The van der Waals surface area contributed by atoms with Crippen LogP contribution in [0.1, 0.15) is 17.2 Å². The van der Waals surface area contributed by atoms with E-state index in [0.29, 0.717) is 6.54 Å². The molecule has 1 aliphatic heterocycles. The van der Waals surface area contributed by atoms with Gasteiger partial charge in [0.1, 0.15) is 11.8 Å². The van der Waals surface area contributed by atoms with Gasteiger partial charge in [-0.05, 0) is 35.9 Å². The smallest absolute Gasteiger partial charge is 0.255 e. The van der Waals surface area contributed by atoms with E-state index in [2.05, 4.69) is 0 Å². The van der Waals surface area contributed by atoms with E-state index in [0.717, 1.165) is 22.6 Å². The maximum absolute atomic E-state index is 13.1. The first-order valence-corrected chi connectivity index (χ1v) is 7.93. The molecule has 0 aliphatic carbocycles. The van der Waals surface area contributed by atoms with Crippen molar-refractivity contribution in [2.45, 2.75) is 12.6 Å². The minimum absolute atomic E-state index is 0.100. The Morgan fingerprint density at radius 1 is 0.958 bits per heavy atom. The molecule has 24 heavy (non-hydrogen) atoms. The monoisotopic (exact) mass is 318 g/mol. The van der Waals surface area contributed by atoms with E-state index in [1.807, 2.05) is 82.5 Å². The molecular weight excluding hydrogens is 300 g/mol. The second kappa shape index (κ2) is 5.89. The van der Waals surface area contributed by atoms with E-state index >= 15 is 0 Å². The van der Waals surface area contributed by atoms with E-state index in [9.17, 15) is 4.79 Å². The van der Waals surface area contributed by atoms with E-state index in [-0.39, 0.29) is 11.9 Å². The third kappa shape index (κ3) is 2.36. The lowest BCUT2D eigenvalue weighted by atomic mass is 10.1. The van der Waals surface area contributed by atoms with Crippen molar-refractivity contribution < 1.29 is 9.53 Å². The average Bonchev–Trinajstić information content (AvgIpc) is 3.23. The quantitative estimate of drug-likeness (QED) is 0.736. The minimum Gasteiger partial charge on any atom is -0.497 e. The van der Waals surface area contributed by atoms with Crippen LogP contribution in [0.4, 0.5) is 5.69 Å². The van der Waals surface area contributed by atoms with Gasteiger partial charge < -0.3 is 14.2 Å². The normalized spacial score (nSPS) is 16.3. The number of hydrogen-bond acceptors (Lipinski definition) is 2. The van der Waals surface area contributed by atoms with Crippen molar-refractivity contribution in [1.82, 2.24) is 4.57 Å². The summed E-state index contributed by atoms with van der Waals surface area (Å²) in [5.41, 5.74) is 3.11. The first-order valence-electron chi connectivity index (χ1n) is 7.93. The number of carbonyl (C=O) groups excluding carboxylic acids is 1. The van der Waals surface area contributed by atoms with Crippen molar-refractivity contribution in [3.63, 3.8) is 0 Å². The molecule has 120 valence electrons. The summed E-state index contributed by atoms with van der Waals surface area (Å²) in [6.07, 6.45) is 3.88. The number of carbonyl (C=O) groups is 1. The Bertz CT molecular complexity index is 854. The summed E-state index contributed by atoms with van der Waals surface area (Å²) in [4.78, 5) is 14.9. The molecule has 3 aromatic rings. The molecule has 4 rings (SSSR count). The van der Waals surface area contributed by atoms with Crippen LogP contribution >= 0.6 is 0 Å². The van der Waals surface area contributed by atoms with Gasteiger partial charge in [-0.3, -0.25) is 4.79 Å². The topological polar surface area (TPSA) is 34.5 Å². The highest BCUT2D eigenvalue weighted by Crippen LogP contribution is 2.39. The summed E-state index contributed by atoms with van der Waals surface area (Å²) in [6.45, 7) is 0.553. The van der Waals surface area contributed by atoms with Crippen LogP contribution in [0.15, 0.2) is 73.1 Å². The minimum atomic E-state index is -0.283. The molecule has 0 fully saturated rings. The Kier molecular flexibility index (Phi) is 3.58. The largest absolute Gasteiger partial charge is 0.497 e. The van der Waals surface area contributed by atoms with Gasteiger partial charge in [-0.2, -0.15) is 0 Å². The molecule has 0 N–H and O–H groups in total. The Morgan fingerprint density at radius 2 is 1.67 bits per heavy atom. The van der Waals surface area contributed by atoms with Crippen LogP contribution in [0.3, 0.4) is 0 Å². The number of fused-ring (bicyclic) bond motifs is 1. The van der Waals surface area contributed by atoms with Crippen LogP contribution in [-0.2, 0) is 11.3 Å². The maximum atomic E-state index is 13.1. The molecule has 1 amide bonds. The predicted octanol–water partition coefficient (Wildman–Crippen LogP) is 3.63. The lowest BCUT2D eigenvalue weighted by Crippen LogP contribution is -2.30. The third-order valence-corrected chi connectivity index (χ3v) is 4.45. The van der Waals surface area contributed by atoms with Crippen molar-refractivity contribution >= 4 is 11.6 Å². The van der Waals surface area contributed by atoms with Gasteiger partial charge in [-0.25, -0.2) is 0 Å². The molecule has 0 spiro atoms. The average molecular weight is 318 g/mol. The molecule has 0 radical (unpaired) electrons. The van der Waals surface area contributed by atoms with Gasteiger partial charge >= 0.3 is 0 Å². The van der Waals surface area contributed by atoms with Crippen LogP contribution in [0, 0.1) is 0 Å².